The standard InChI is InChI=1S/C12H20N2OS/c1-2-5-10-6-3-4-7-14(10)12-13-8-11(9-15)16-12/h8,10,15H,2-7,9H2,1H3. The molecule has 1 aliphatic heterocycles. The molecule has 4 heteroatoms. The zero-order valence-electron chi connectivity index (χ0n) is 9.85. The Labute approximate surface area is 101 Å². The maximum Gasteiger partial charge on any atom is 0.185 e. The Morgan fingerprint density at radius 2 is 2.44 bits per heavy atom. The summed E-state index contributed by atoms with van der Waals surface area (Å²) in [5, 5.41) is 10.2. The summed E-state index contributed by atoms with van der Waals surface area (Å²) in [7, 11) is 0. The van der Waals surface area contributed by atoms with E-state index >= 15 is 0 Å². The number of aliphatic hydroxyl groups excluding tert-OH is 1. The van der Waals surface area contributed by atoms with Gasteiger partial charge < -0.3 is 10.0 Å². The van der Waals surface area contributed by atoms with E-state index in [-0.39, 0.29) is 6.61 Å². The summed E-state index contributed by atoms with van der Waals surface area (Å²) in [6.07, 6.45) is 8.21. The molecule has 2 rings (SSSR count). The molecule has 0 amide bonds. The van der Waals surface area contributed by atoms with Crippen LogP contribution in [-0.4, -0.2) is 22.7 Å². The third-order valence-corrected chi connectivity index (χ3v) is 4.21. The SMILES string of the molecule is CCCC1CCCCN1c1ncc(CO)s1. The highest BCUT2D eigenvalue weighted by atomic mass is 32.1. The molecule has 0 radical (unpaired) electrons. The molecule has 1 aliphatic rings. The fourth-order valence-electron chi connectivity index (χ4n) is 2.39. The lowest BCUT2D eigenvalue weighted by molar-refractivity contribution is 0.285. The van der Waals surface area contributed by atoms with Gasteiger partial charge in [0, 0.05) is 18.8 Å². The van der Waals surface area contributed by atoms with Gasteiger partial charge in [-0.15, -0.1) is 0 Å². The zero-order chi connectivity index (χ0) is 11.4. The van der Waals surface area contributed by atoms with Crippen LogP contribution in [0.1, 0.15) is 43.9 Å². The number of nitrogens with zero attached hydrogens (tertiary/aromatic N) is 2. The van der Waals surface area contributed by atoms with Crippen LogP contribution in [0, 0.1) is 0 Å². The van der Waals surface area contributed by atoms with E-state index in [1.807, 2.05) is 0 Å². The molecule has 1 aromatic rings. The fourth-order valence-corrected chi connectivity index (χ4v) is 3.26. The van der Waals surface area contributed by atoms with Gasteiger partial charge >= 0.3 is 0 Å². The third-order valence-electron chi connectivity index (χ3n) is 3.19. The molecule has 3 nitrogen and oxygen atoms in total. The second kappa shape index (κ2) is 5.64. The number of aliphatic hydroxyl groups is 1. The minimum atomic E-state index is 0.115. The van der Waals surface area contributed by atoms with Crippen molar-refractivity contribution in [1.29, 1.82) is 0 Å². The number of aromatic nitrogens is 1. The zero-order valence-corrected chi connectivity index (χ0v) is 10.7. The summed E-state index contributed by atoms with van der Waals surface area (Å²) in [6.45, 7) is 3.49. The Kier molecular flexibility index (Phi) is 4.18. The van der Waals surface area contributed by atoms with Gasteiger partial charge in [0.1, 0.15) is 0 Å². The summed E-state index contributed by atoms with van der Waals surface area (Å²) in [5.74, 6) is 0. The van der Waals surface area contributed by atoms with Crippen LogP contribution < -0.4 is 4.90 Å². The molecule has 90 valence electrons. The molecule has 1 saturated heterocycles. The van der Waals surface area contributed by atoms with Gasteiger partial charge in [0.15, 0.2) is 5.13 Å². The van der Waals surface area contributed by atoms with Gasteiger partial charge in [-0.1, -0.05) is 24.7 Å². The predicted octanol–water partition coefficient (Wildman–Crippen LogP) is 2.79. The molecule has 2 heterocycles. The van der Waals surface area contributed by atoms with Gasteiger partial charge in [0.2, 0.25) is 0 Å². The maximum absolute atomic E-state index is 9.07. The number of anilines is 1. The van der Waals surface area contributed by atoms with Crippen LogP contribution in [0.15, 0.2) is 6.20 Å². The van der Waals surface area contributed by atoms with E-state index in [1.165, 1.54) is 32.1 Å². The normalized spacial score (nSPS) is 21.4. The summed E-state index contributed by atoms with van der Waals surface area (Å²) < 4.78 is 0. The van der Waals surface area contributed by atoms with Crippen LogP contribution in [0.25, 0.3) is 0 Å². The predicted molar refractivity (Wildman–Crippen MR) is 67.9 cm³/mol. The van der Waals surface area contributed by atoms with Crippen LogP contribution in [0.5, 0.6) is 0 Å². The first kappa shape index (κ1) is 11.9. The van der Waals surface area contributed by atoms with Crippen molar-refractivity contribution in [3.8, 4) is 0 Å². The number of thiazole rings is 1. The summed E-state index contributed by atoms with van der Waals surface area (Å²) in [6, 6.07) is 0.663. The first-order valence-electron chi connectivity index (χ1n) is 6.17. The van der Waals surface area contributed by atoms with Gasteiger partial charge in [-0.2, -0.15) is 0 Å². The molecule has 1 atom stereocenters. The molecule has 0 aromatic carbocycles. The van der Waals surface area contributed by atoms with Crippen LogP contribution in [-0.2, 0) is 6.61 Å². The number of rotatable bonds is 4. The quantitative estimate of drug-likeness (QED) is 0.879. The lowest BCUT2D eigenvalue weighted by atomic mass is 9.99. The van der Waals surface area contributed by atoms with E-state index in [9.17, 15) is 0 Å². The Morgan fingerprint density at radius 3 is 3.12 bits per heavy atom. The van der Waals surface area contributed by atoms with Gasteiger partial charge in [-0.25, -0.2) is 4.98 Å². The van der Waals surface area contributed by atoms with Crippen molar-refractivity contribution in [1.82, 2.24) is 4.98 Å². The second-order valence-electron chi connectivity index (χ2n) is 4.40. The van der Waals surface area contributed by atoms with Gasteiger partial charge in [0.05, 0.1) is 11.5 Å². The third kappa shape index (κ3) is 2.55. The lowest BCUT2D eigenvalue weighted by Crippen LogP contribution is -2.39. The van der Waals surface area contributed by atoms with E-state index in [4.69, 9.17) is 5.11 Å². The van der Waals surface area contributed by atoms with Gasteiger partial charge in [-0.3, -0.25) is 0 Å². The van der Waals surface area contributed by atoms with Crippen molar-refractivity contribution >= 4 is 16.5 Å². The number of piperidine rings is 1. The molecule has 1 N–H and O–H groups in total. The van der Waals surface area contributed by atoms with E-state index in [0.29, 0.717) is 6.04 Å². The summed E-state index contributed by atoms with van der Waals surface area (Å²) in [4.78, 5) is 7.84. The highest BCUT2D eigenvalue weighted by molar-refractivity contribution is 7.15. The Morgan fingerprint density at radius 1 is 1.56 bits per heavy atom. The monoisotopic (exact) mass is 240 g/mol. The second-order valence-corrected chi connectivity index (χ2v) is 5.49. The van der Waals surface area contributed by atoms with Crippen molar-refractivity contribution in [2.75, 3.05) is 11.4 Å². The molecule has 0 aliphatic carbocycles. The molecular weight excluding hydrogens is 220 g/mol. The van der Waals surface area contributed by atoms with Crippen molar-refractivity contribution < 1.29 is 5.11 Å². The Balaban J connectivity index is 2.09. The highest BCUT2D eigenvalue weighted by Gasteiger charge is 2.23. The summed E-state index contributed by atoms with van der Waals surface area (Å²) >= 11 is 1.63. The van der Waals surface area contributed by atoms with E-state index in [1.54, 1.807) is 17.5 Å². The van der Waals surface area contributed by atoms with Crippen molar-refractivity contribution in [2.24, 2.45) is 0 Å². The summed E-state index contributed by atoms with van der Waals surface area (Å²) in [5.41, 5.74) is 0. The van der Waals surface area contributed by atoms with Gasteiger partial charge in [0.25, 0.3) is 0 Å². The van der Waals surface area contributed by atoms with Crippen LogP contribution in [0.3, 0.4) is 0 Å². The molecule has 0 saturated carbocycles. The minimum Gasteiger partial charge on any atom is -0.391 e. The average molecular weight is 240 g/mol. The minimum absolute atomic E-state index is 0.115. The van der Waals surface area contributed by atoms with E-state index < -0.39 is 0 Å². The van der Waals surface area contributed by atoms with E-state index in [2.05, 4.69) is 16.8 Å². The van der Waals surface area contributed by atoms with Crippen LogP contribution in [0.2, 0.25) is 0 Å². The van der Waals surface area contributed by atoms with Crippen molar-refractivity contribution in [3.05, 3.63) is 11.1 Å². The highest BCUT2D eigenvalue weighted by Crippen LogP contribution is 2.30. The van der Waals surface area contributed by atoms with Gasteiger partial charge in [-0.05, 0) is 25.7 Å². The Hall–Kier alpha value is -0.610. The largest absolute Gasteiger partial charge is 0.391 e. The average Bonchev–Trinajstić information content (AvgIpc) is 2.79. The lowest BCUT2D eigenvalue weighted by Gasteiger charge is -2.35. The van der Waals surface area contributed by atoms with Crippen molar-refractivity contribution in [3.63, 3.8) is 0 Å². The molecule has 1 unspecified atom stereocenters. The smallest absolute Gasteiger partial charge is 0.185 e. The van der Waals surface area contributed by atoms with E-state index in [0.717, 1.165) is 16.6 Å². The molecular formula is C12H20N2OS. The molecule has 0 bridgehead atoms. The molecule has 16 heavy (non-hydrogen) atoms. The molecule has 0 spiro atoms. The van der Waals surface area contributed by atoms with Crippen LogP contribution in [0.4, 0.5) is 5.13 Å². The van der Waals surface area contributed by atoms with Crippen molar-refractivity contribution in [2.45, 2.75) is 51.7 Å². The number of hydrogen-bond acceptors (Lipinski definition) is 4. The topological polar surface area (TPSA) is 36.4 Å². The maximum atomic E-state index is 9.07. The van der Waals surface area contributed by atoms with Crippen LogP contribution >= 0.6 is 11.3 Å². The molecule has 1 aromatic heterocycles. The fraction of sp³-hybridized carbons (Fsp3) is 0.750. The first-order valence-corrected chi connectivity index (χ1v) is 6.99. The number of hydrogen-bond donors (Lipinski definition) is 1. The molecule has 1 fully saturated rings. The Bertz CT molecular complexity index is 325. The first-order chi connectivity index (χ1) is 7.85.